The van der Waals surface area contributed by atoms with Gasteiger partial charge in [-0.05, 0) is 26.6 Å². The second-order valence-electron chi connectivity index (χ2n) is 2.97. The summed E-state index contributed by atoms with van der Waals surface area (Å²) in [5.74, 6) is 0. The zero-order valence-electron chi connectivity index (χ0n) is 8.03. The van der Waals surface area contributed by atoms with Crippen molar-refractivity contribution >= 4 is 0 Å². The van der Waals surface area contributed by atoms with E-state index in [0.29, 0.717) is 12.6 Å². The van der Waals surface area contributed by atoms with Gasteiger partial charge in [0.25, 0.3) is 0 Å². The van der Waals surface area contributed by atoms with Crippen LogP contribution >= 0.6 is 0 Å². The maximum absolute atomic E-state index is 5.28. The van der Waals surface area contributed by atoms with E-state index in [-0.39, 0.29) is 0 Å². The van der Waals surface area contributed by atoms with Crippen molar-refractivity contribution in [2.45, 2.75) is 6.42 Å². The van der Waals surface area contributed by atoms with Gasteiger partial charge in [-0.1, -0.05) is 0 Å². The molecule has 4 nitrogen and oxygen atoms in total. The molecule has 0 aliphatic carbocycles. The quantitative estimate of drug-likeness (QED) is 0.622. The van der Waals surface area contributed by atoms with Gasteiger partial charge in [-0.2, -0.15) is 4.98 Å². The second kappa shape index (κ2) is 5.48. The highest BCUT2D eigenvalue weighted by Gasteiger charge is 1.95. The van der Waals surface area contributed by atoms with Crippen LogP contribution in [0.4, 0.5) is 0 Å². The molecule has 0 fully saturated rings. The fraction of sp³-hybridized carbons (Fsp3) is 0.556. The van der Waals surface area contributed by atoms with Crippen molar-refractivity contribution < 1.29 is 4.74 Å². The predicted octanol–water partition coefficient (Wildman–Crippen LogP) is 0.607. The van der Waals surface area contributed by atoms with Crippen molar-refractivity contribution in [3.05, 3.63) is 18.5 Å². The first kappa shape index (κ1) is 9.92. The molecular formula is C9H14N3O. The Labute approximate surface area is 78.6 Å². The molecule has 0 amide bonds. The molecule has 0 bridgehead atoms. The molecule has 0 saturated heterocycles. The van der Waals surface area contributed by atoms with E-state index in [9.17, 15) is 0 Å². The molecular weight excluding hydrogens is 166 g/mol. The lowest BCUT2D eigenvalue weighted by molar-refractivity contribution is 0.263. The molecule has 0 aliphatic heterocycles. The number of hydrogen-bond donors (Lipinski definition) is 0. The third-order valence-corrected chi connectivity index (χ3v) is 1.48. The molecule has 0 saturated carbocycles. The minimum absolute atomic E-state index is 0.404. The van der Waals surface area contributed by atoms with Crippen molar-refractivity contribution in [1.29, 1.82) is 0 Å². The monoisotopic (exact) mass is 180 g/mol. The van der Waals surface area contributed by atoms with Crippen molar-refractivity contribution in [2.75, 3.05) is 27.2 Å². The standard InChI is InChI=1S/C9H14N3O/c1-12(2)7-4-8-13-9-10-5-3-6-11-9/h3,5H,4,7-8H2,1-2H3. The molecule has 1 heterocycles. The Balaban J connectivity index is 2.13. The van der Waals surface area contributed by atoms with E-state index in [2.05, 4.69) is 21.1 Å². The van der Waals surface area contributed by atoms with Gasteiger partial charge in [-0.3, -0.25) is 0 Å². The molecule has 1 aromatic heterocycles. The van der Waals surface area contributed by atoms with E-state index in [4.69, 9.17) is 4.74 Å². The highest BCUT2D eigenvalue weighted by molar-refractivity contribution is 4.91. The summed E-state index contributed by atoms with van der Waals surface area (Å²) in [6, 6.07) is 2.05. The number of aromatic nitrogens is 2. The summed E-state index contributed by atoms with van der Waals surface area (Å²) in [5, 5.41) is 0. The minimum atomic E-state index is 0.404. The molecule has 71 valence electrons. The third-order valence-electron chi connectivity index (χ3n) is 1.48. The van der Waals surface area contributed by atoms with E-state index in [1.165, 1.54) is 0 Å². The molecule has 1 aromatic rings. The molecule has 0 N–H and O–H groups in total. The van der Waals surface area contributed by atoms with Gasteiger partial charge in [0.1, 0.15) is 0 Å². The average molecular weight is 180 g/mol. The molecule has 1 rings (SSSR count). The average Bonchev–Trinajstić information content (AvgIpc) is 2.14. The second-order valence-corrected chi connectivity index (χ2v) is 2.97. The molecule has 0 aromatic carbocycles. The van der Waals surface area contributed by atoms with Crippen LogP contribution < -0.4 is 4.74 Å². The molecule has 0 aliphatic rings. The summed E-state index contributed by atoms with van der Waals surface area (Å²) in [5.41, 5.74) is 0. The van der Waals surface area contributed by atoms with E-state index in [1.54, 1.807) is 12.3 Å². The van der Waals surface area contributed by atoms with E-state index in [1.807, 2.05) is 14.1 Å². The summed E-state index contributed by atoms with van der Waals surface area (Å²) in [7, 11) is 4.07. The van der Waals surface area contributed by atoms with Crippen LogP contribution in [0, 0.1) is 6.20 Å². The summed E-state index contributed by atoms with van der Waals surface area (Å²) < 4.78 is 5.28. The first-order valence-corrected chi connectivity index (χ1v) is 4.25. The topological polar surface area (TPSA) is 38.2 Å². The van der Waals surface area contributed by atoms with Crippen LogP contribution in [0.15, 0.2) is 12.3 Å². The Morgan fingerprint density at radius 3 is 3.00 bits per heavy atom. The Hall–Kier alpha value is -1.16. The van der Waals surface area contributed by atoms with Gasteiger partial charge in [0.05, 0.1) is 12.8 Å². The largest absolute Gasteiger partial charge is 0.463 e. The van der Waals surface area contributed by atoms with Crippen molar-refractivity contribution in [3.8, 4) is 6.01 Å². The number of ether oxygens (including phenoxy) is 1. The fourth-order valence-electron chi connectivity index (χ4n) is 0.869. The molecule has 0 atom stereocenters. The van der Waals surface area contributed by atoms with Crippen LogP contribution in [0.25, 0.3) is 0 Å². The van der Waals surface area contributed by atoms with Gasteiger partial charge in [0.15, 0.2) is 0 Å². The van der Waals surface area contributed by atoms with Gasteiger partial charge >= 0.3 is 6.01 Å². The van der Waals surface area contributed by atoms with Gasteiger partial charge in [-0.15, -0.1) is 0 Å². The van der Waals surface area contributed by atoms with Crippen LogP contribution in [-0.4, -0.2) is 42.1 Å². The normalized spacial score (nSPS) is 10.4. The van der Waals surface area contributed by atoms with Gasteiger partial charge in [0, 0.05) is 12.7 Å². The van der Waals surface area contributed by atoms with Crippen LogP contribution in [-0.2, 0) is 0 Å². The zero-order chi connectivity index (χ0) is 9.52. The van der Waals surface area contributed by atoms with Crippen molar-refractivity contribution in [1.82, 2.24) is 14.9 Å². The van der Waals surface area contributed by atoms with Crippen molar-refractivity contribution in [2.24, 2.45) is 0 Å². The fourth-order valence-corrected chi connectivity index (χ4v) is 0.869. The van der Waals surface area contributed by atoms with Crippen LogP contribution in [0.5, 0.6) is 6.01 Å². The number of nitrogens with zero attached hydrogens (tertiary/aromatic N) is 3. The van der Waals surface area contributed by atoms with Crippen molar-refractivity contribution in [3.63, 3.8) is 0 Å². The lowest BCUT2D eigenvalue weighted by atomic mass is 10.4. The highest BCUT2D eigenvalue weighted by atomic mass is 16.5. The maximum atomic E-state index is 5.28. The third kappa shape index (κ3) is 4.42. The van der Waals surface area contributed by atoms with E-state index in [0.717, 1.165) is 13.0 Å². The molecule has 0 unspecified atom stereocenters. The number of rotatable bonds is 5. The lowest BCUT2D eigenvalue weighted by Crippen LogP contribution is -2.15. The lowest BCUT2D eigenvalue weighted by Gasteiger charge is -2.08. The molecule has 13 heavy (non-hydrogen) atoms. The van der Waals surface area contributed by atoms with Gasteiger partial charge < -0.3 is 9.64 Å². The zero-order valence-corrected chi connectivity index (χ0v) is 8.03. The molecule has 0 spiro atoms. The van der Waals surface area contributed by atoms with Crippen LogP contribution in [0.1, 0.15) is 6.42 Å². The van der Waals surface area contributed by atoms with E-state index < -0.39 is 0 Å². The molecule has 4 heteroatoms. The summed E-state index contributed by atoms with van der Waals surface area (Å²) in [6.07, 6.45) is 5.26. The van der Waals surface area contributed by atoms with Gasteiger partial charge in [0.2, 0.25) is 0 Å². The number of hydrogen-bond acceptors (Lipinski definition) is 4. The predicted molar refractivity (Wildman–Crippen MR) is 49.5 cm³/mol. The minimum Gasteiger partial charge on any atom is -0.463 e. The Morgan fingerprint density at radius 1 is 1.54 bits per heavy atom. The summed E-state index contributed by atoms with van der Waals surface area (Å²) in [4.78, 5) is 9.85. The SMILES string of the molecule is CN(C)CCCOc1n[c]ccn1. The summed E-state index contributed by atoms with van der Waals surface area (Å²) >= 11 is 0. The first-order valence-electron chi connectivity index (χ1n) is 4.25. The highest BCUT2D eigenvalue weighted by Crippen LogP contribution is 1.97. The van der Waals surface area contributed by atoms with E-state index >= 15 is 0 Å². The summed E-state index contributed by atoms with van der Waals surface area (Å²) in [6.45, 7) is 1.66. The first-order chi connectivity index (χ1) is 6.29. The Kier molecular flexibility index (Phi) is 4.18. The van der Waals surface area contributed by atoms with Gasteiger partial charge in [-0.25, -0.2) is 4.98 Å². The Morgan fingerprint density at radius 2 is 2.38 bits per heavy atom. The van der Waals surface area contributed by atoms with Crippen LogP contribution in [0.3, 0.4) is 0 Å². The maximum Gasteiger partial charge on any atom is 0.316 e. The molecule has 1 radical (unpaired) electrons. The Bertz CT molecular complexity index is 226. The van der Waals surface area contributed by atoms with Crippen LogP contribution in [0.2, 0.25) is 0 Å². The smallest absolute Gasteiger partial charge is 0.316 e.